The minimum Gasteiger partial charge on any atom is -0.350 e. The maximum absolute atomic E-state index is 12.3. The molecule has 5 nitrogen and oxygen atoms in total. The minimum absolute atomic E-state index is 0.00234. The second kappa shape index (κ2) is 9.31. The smallest absolute Gasteiger partial charge is 0.261 e. The number of nitrogens with zero attached hydrogens (tertiary/aromatic N) is 1. The third kappa shape index (κ3) is 4.66. The lowest BCUT2D eigenvalue weighted by molar-refractivity contribution is -0.121. The number of rotatable bonds is 9. The lowest BCUT2D eigenvalue weighted by atomic mass is 10.1. The molecule has 0 aliphatic carbocycles. The number of benzene rings is 2. The van der Waals surface area contributed by atoms with Gasteiger partial charge in [0, 0.05) is 13.0 Å². The highest BCUT2D eigenvalue weighted by molar-refractivity contribution is 6.21. The van der Waals surface area contributed by atoms with E-state index in [0.717, 1.165) is 31.2 Å². The van der Waals surface area contributed by atoms with Crippen molar-refractivity contribution in [3.63, 3.8) is 0 Å². The molecule has 1 heterocycles. The van der Waals surface area contributed by atoms with Crippen LogP contribution >= 0.6 is 0 Å². The maximum Gasteiger partial charge on any atom is 0.261 e. The fourth-order valence-electron chi connectivity index (χ4n) is 3.49. The van der Waals surface area contributed by atoms with Crippen molar-refractivity contribution in [2.45, 2.75) is 45.1 Å². The van der Waals surface area contributed by atoms with E-state index >= 15 is 0 Å². The maximum atomic E-state index is 12.3. The van der Waals surface area contributed by atoms with Gasteiger partial charge in [-0.05, 0) is 37.5 Å². The fraction of sp³-hybridized carbons (Fsp3) is 0.348. The molecular weight excluding hydrogens is 352 g/mol. The van der Waals surface area contributed by atoms with Gasteiger partial charge in [-0.2, -0.15) is 0 Å². The third-order valence-corrected chi connectivity index (χ3v) is 5.09. The van der Waals surface area contributed by atoms with Crippen molar-refractivity contribution in [2.24, 2.45) is 0 Å². The molecule has 0 fully saturated rings. The fourth-order valence-corrected chi connectivity index (χ4v) is 3.49. The van der Waals surface area contributed by atoms with Gasteiger partial charge in [0.1, 0.15) is 0 Å². The predicted molar refractivity (Wildman–Crippen MR) is 108 cm³/mol. The second-order valence-electron chi connectivity index (χ2n) is 7.17. The summed E-state index contributed by atoms with van der Waals surface area (Å²) in [6.07, 6.45) is 3.83. The Bertz CT molecular complexity index is 813. The quantitative estimate of drug-likeness (QED) is 0.527. The van der Waals surface area contributed by atoms with Crippen molar-refractivity contribution >= 4 is 17.7 Å². The molecule has 0 unspecified atom stereocenters. The summed E-state index contributed by atoms with van der Waals surface area (Å²) in [7, 11) is 0. The van der Waals surface area contributed by atoms with Crippen molar-refractivity contribution in [3.8, 4) is 0 Å². The number of hydrogen-bond acceptors (Lipinski definition) is 3. The average molecular weight is 378 g/mol. The standard InChI is InChI=1S/C23H26N2O3/c1-17(18-11-5-4-6-12-18)24-21(26)15-7-2-3-10-16-25-22(27)19-13-8-9-14-20(19)23(25)28/h4-6,8-9,11-14,17H,2-3,7,10,15-16H2,1H3,(H,24,26)/t17-/m0/s1. The van der Waals surface area contributed by atoms with Gasteiger partial charge in [-0.15, -0.1) is 0 Å². The Morgan fingerprint density at radius 1 is 0.857 bits per heavy atom. The number of hydrogen-bond donors (Lipinski definition) is 1. The SMILES string of the molecule is C[C@H](NC(=O)CCCCCCN1C(=O)c2ccccc2C1=O)c1ccccc1. The molecule has 0 saturated carbocycles. The average Bonchev–Trinajstić information content (AvgIpc) is 2.96. The summed E-state index contributed by atoms with van der Waals surface area (Å²) in [5, 5.41) is 3.02. The van der Waals surface area contributed by atoms with Gasteiger partial charge in [-0.1, -0.05) is 55.3 Å². The van der Waals surface area contributed by atoms with Crippen LogP contribution < -0.4 is 5.32 Å². The molecule has 3 amide bonds. The van der Waals surface area contributed by atoms with E-state index < -0.39 is 0 Å². The van der Waals surface area contributed by atoms with Crippen LogP contribution in [-0.2, 0) is 4.79 Å². The van der Waals surface area contributed by atoms with E-state index in [2.05, 4.69) is 5.32 Å². The van der Waals surface area contributed by atoms with Crippen molar-refractivity contribution < 1.29 is 14.4 Å². The number of imide groups is 1. The Labute approximate surface area is 165 Å². The van der Waals surface area contributed by atoms with Crippen LogP contribution in [0, 0.1) is 0 Å². The highest BCUT2D eigenvalue weighted by atomic mass is 16.2. The zero-order valence-electron chi connectivity index (χ0n) is 16.2. The molecule has 28 heavy (non-hydrogen) atoms. The number of nitrogens with one attached hydrogen (secondary N) is 1. The van der Waals surface area contributed by atoms with E-state index in [9.17, 15) is 14.4 Å². The molecule has 0 aromatic heterocycles. The highest BCUT2D eigenvalue weighted by Gasteiger charge is 2.34. The Kier molecular flexibility index (Phi) is 6.58. The number of fused-ring (bicyclic) bond motifs is 1. The molecule has 2 aromatic rings. The molecule has 1 aliphatic rings. The van der Waals surface area contributed by atoms with Crippen LogP contribution in [0.2, 0.25) is 0 Å². The van der Waals surface area contributed by atoms with E-state index in [-0.39, 0.29) is 23.8 Å². The van der Waals surface area contributed by atoms with Crippen LogP contribution in [0.1, 0.15) is 71.3 Å². The molecule has 1 atom stereocenters. The zero-order valence-corrected chi connectivity index (χ0v) is 16.2. The molecule has 0 spiro atoms. The van der Waals surface area contributed by atoms with Crippen LogP contribution in [0.3, 0.4) is 0 Å². The molecular formula is C23H26N2O3. The van der Waals surface area contributed by atoms with Gasteiger partial charge >= 0.3 is 0 Å². The van der Waals surface area contributed by atoms with Gasteiger partial charge in [0.15, 0.2) is 0 Å². The van der Waals surface area contributed by atoms with E-state index in [0.29, 0.717) is 24.1 Å². The van der Waals surface area contributed by atoms with Crippen LogP contribution in [0.25, 0.3) is 0 Å². The van der Waals surface area contributed by atoms with Crippen LogP contribution in [-0.4, -0.2) is 29.2 Å². The van der Waals surface area contributed by atoms with Gasteiger partial charge in [0.2, 0.25) is 5.91 Å². The summed E-state index contributed by atoms with van der Waals surface area (Å²) in [5.74, 6) is -0.346. The second-order valence-corrected chi connectivity index (χ2v) is 7.17. The van der Waals surface area contributed by atoms with Gasteiger partial charge < -0.3 is 5.32 Å². The van der Waals surface area contributed by atoms with Gasteiger partial charge in [0.25, 0.3) is 11.8 Å². The molecule has 1 aliphatic heterocycles. The Hall–Kier alpha value is -2.95. The first-order chi connectivity index (χ1) is 13.6. The van der Waals surface area contributed by atoms with Gasteiger partial charge in [-0.25, -0.2) is 0 Å². The van der Waals surface area contributed by atoms with Crippen molar-refractivity contribution in [2.75, 3.05) is 6.54 Å². The largest absolute Gasteiger partial charge is 0.350 e. The first-order valence-electron chi connectivity index (χ1n) is 9.87. The summed E-state index contributed by atoms with van der Waals surface area (Å²) in [6, 6.07) is 16.8. The Balaban J connectivity index is 1.32. The van der Waals surface area contributed by atoms with E-state index in [1.807, 2.05) is 37.3 Å². The number of carbonyl (C=O) groups is 3. The van der Waals surface area contributed by atoms with Crippen molar-refractivity contribution in [1.29, 1.82) is 0 Å². The van der Waals surface area contributed by atoms with Crippen molar-refractivity contribution in [1.82, 2.24) is 10.2 Å². The number of amides is 3. The molecule has 5 heteroatoms. The van der Waals surface area contributed by atoms with Gasteiger partial charge in [0.05, 0.1) is 17.2 Å². The minimum atomic E-state index is -0.199. The van der Waals surface area contributed by atoms with E-state index in [4.69, 9.17) is 0 Å². The number of unbranched alkanes of at least 4 members (excludes halogenated alkanes) is 3. The summed E-state index contributed by atoms with van der Waals surface area (Å²) in [4.78, 5) is 38.0. The van der Waals surface area contributed by atoms with Crippen LogP contribution in [0.4, 0.5) is 0 Å². The monoisotopic (exact) mass is 378 g/mol. The van der Waals surface area contributed by atoms with Crippen molar-refractivity contribution in [3.05, 3.63) is 71.3 Å². The summed E-state index contributed by atoms with van der Waals surface area (Å²) in [5.41, 5.74) is 2.09. The summed E-state index contributed by atoms with van der Waals surface area (Å²) < 4.78 is 0. The topological polar surface area (TPSA) is 66.5 Å². The van der Waals surface area contributed by atoms with Crippen LogP contribution in [0.15, 0.2) is 54.6 Å². The summed E-state index contributed by atoms with van der Waals surface area (Å²) in [6.45, 7) is 2.42. The molecule has 2 aromatic carbocycles. The highest BCUT2D eigenvalue weighted by Crippen LogP contribution is 2.23. The Morgan fingerprint density at radius 2 is 1.43 bits per heavy atom. The van der Waals surface area contributed by atoms with Gasteiger partial charge in [-0.3, -0.25) is 19.3 Å². The normalized spacial score (nSPS) is 14.1. The first-order valence-corrected chi connectivity index (χ1v) is 9.87. The van der Waals surface area contributed by atoms with Crippen LogP contribution in [0.5, 0.6) is 0 Å². The summed E-state index contributed by atoms with van der Waals surface area (Å²) >= 11 is 0. The number of carbonyl (C=O) groups excluding carboxylic acids is 3. The Morgan fingerprint density at radius 3 is 2.07 bits per heavy atom. The zero-order chi connectivity index (χ0) is 19.9. The van der Waals surface area contributed by atoms with E-state index in [1.54, 1.807) is 24.3 Å². The first kappa shape index (κ1) is 19.8. The lowest BCUT2D eigenvalue weighted by Crippen LogP contribution is -2.30. The molecule has 1 N–H and O–H groups in total. The molecule has 0 bridgehead atoms. The lowest BCUT2D eigenvalue weighted by Gasteiger charge is -2.14. The molecule has 0 radical (unpaired) electrons. The van der Waals surface area contributed by atoms with E-state index in [1.165, 1.54) is 4.90 Å². The molecule has 3 rings (SSSR count). The molecule has 0 saturated heterocycles. The third-order valence-electron chi connectivity index (χ3n) is 5.09. The molecule has 146 valence electrons. The predicted octanol–water partition coefficient (Wildman–Crippen LogP) is 4.11.